The smallest absolute Gasteiger partial charge is 0.169 e. The summed E-state index contributed by atoms with van der Waals surface area (Å²) >= 11 is 0. The zero-order valence-corrected chi connectivity index (χ0v) is 10.7. The molecule has 0 bridgehead atoms. The van der Waals surface area contributed by atoms with Gasteiger partial charge in [-0.1, -0.05) is 19.9 Å². The summed E-state index contributed by atoms with van der Waals surface area (Å²) in [4.78, 5) is 12.2. The lowest BCUT2D eigenvalue weighted by atomic mass is 9.73. The third-order valence-electron chi connectivity index (χ3n) is 4.19. The Labute approximate surface area is 106 Å². The van der Waals surface area contributed by atoms with Crippen molar-refractivity contribution in [2.45, 2.75) is 33.1 Å². The Bertz CT molecular complexity index is 456. The second kappa shape index (κ2) is 5.17. The lowest BCUT2D eigenvalue weighted by Crippen LogP contribution is -2.27. The summed E-state index contributed by atoms with van der Waals surface area (Å²) in [6.07, 6.45) is 2.53. The van der Waals surface area contributed by atoms with E-state index in [0.717, 1.165) is 25.3 Å². The fourth-order valence-corrected chi connectivity index (χ4v) is 2.70. The van der Waals surface area contributed by atoms with E-state index >= 15 is 0 Å². The van der Waals surface area contributed by atoms with Gasteiger partial charge in [-0.05, 0) is 43.2 Å². The molecule has 18 heavy (non-hydrogen) atoms. The first kappa shape index (κ1) is 13.2. The molecule has 2 rings (SSSR count). The number of benzene rings is 1. The van der Waals surface area contributed by atoms with E-state index in [2.05, 4.69) is 13.8 Å². The van der Waals surface area contributed by atoms with Crippen molar-refractivity contribution in [3.05, 3.63) is 35.4 Å². The van der Waals surface area contributed by atoms with Crippen LogP contribution in [0.25, 0.3) is 0 Å². The molecule has 1 aromatic carbocycles. The van der Waals surface area contributed by atoms with Gasteiger partial charge in [-0.2, -0.15) is 0 Å². The molecule has 3 heteroatoms. The predicted molar refractivity (Wildman–Crippen MR) is 66.4 cm³/mol. The summed E-state index contributed by atoms with van der Waals surface area (Å²) in [6, 6.07) is 3.81. The van der Waals surface area contributed by atoms with Crippen LogP contribution >= 0.6 is 0 Å². The Balaban J connectivity index is 2.19. The summed E-state index contributed by atoms with van der Waals surface area (Å²) in [5, 5.41) is 0. The van der Waals surface area contributed by atoms with Crippen LogP contribution in [-0.2, 0) is 0 Å². The molecule has 98 valence electrons. The van der Waals surface area contributed by atoms with Crippen LogP contribution in [0.1, 0.15) is 43.5 Å². The molecule has 1 aliphatic rings. The van der Waals surface area contributed by atoms with E-state index in [1.54, 1.807) is 0 Å². The number of carbonyl (C=O) groups is 1. The summed E-state index contributed by atoms with van der Waals surface area (Å²) in [5.41, 5.74) is -0.0956. The average Bonchev–Trinajstić information content (AvgIpc) is 2.35. The molecule has 0 aliphatic heterocycles. The number of Topliss-reactive ketones (excluding diaryl/α,β-unsaturated/α-hetero) is 1. The number of carbonyl (C=O) groups excluding carboxylic acids is 1. The highest BCUT2D eigenvalue weighted by atomic mass is 19.2. The Kier molecular flexibility index (Phi) is 3.79. The molecule has 1 nitrogen and oxygen atoms in total. The van der Waals surface area contributed by atoms with Crippen LogP contribution in [0.4, 0.5) is 8.78 Å². The van der Waals surface area contributed by atoms with Crippen LogP contribution in [0.15, 0.2) is 18.2 Å². The minimum absolute atomic E-state index is 0.0956. The molecule has 0 amide bonds. The number of halogens is 2. The van der Waals surface area contributed by atoms with E-state index in [9.17, 15) is 13.6 Å². The molecule has 0 N–H and O–H groups in total. The Hall–Kier alpha value is -1.25. The van der Waals surface area contributed by atoms with E-state index in [1.807, 2.05) is 0 Å². The summed E-state index contributed by atoms with van der Waals surface area (Å²) in [7, 11) is 0. The molecular weight excluding hydrogens is 234 g/mol. The van der Waals surface area contributed by atoms with Gasteiger partial charge in [0.15, 0.2) is 17.4 Å². The van der Waals surface area contributed by atoms with Gasteiger partial charge in [-0.15, -0.1) is 0 Å². The van der Waals surface area contributed by atoms with Gasteiger partial charge in [-0.25, -0.2) is 8.78 Å². The molecule has 0 heterocycles. The monoisotopic (exact) mass is 252 g/mol. The Morgan fingerprint density at radius 3 is 2.56 bits per heavy atom. The molecule has 0 spiro atoms. The SMILES string of the molecule is CC1CCC(C(=O)c2cccc(F)c2F)CC1C. The highest BCUT2D eigenvalue weighted by molar-refractivity contribution is 5.98. The van der Waals surface area contributed by atoms with Crippen molar-refractivity contribution < 1.29 is 13.6 Å². The van der Waals surface area contributed by atoms with Crippen molar-refractivity contribution >= 4 is 5.78 Å². The van der Waals surface area contributed by atoms with Crippen LogP contribution < -0.4 is 0 Å². The van der Waals surface area contributed by atoms with Crippen molar-refractivity contribution in [1.82, 2.24) is 0 Å². The minimum Gasteiger partial charge on any atom is -0.294 e. The van der Waals surface area contributed by atoms with E-state index in [-0.39, 0.29) is 17.3 Å². The van der Waals surface area contributed by atoms with Gasteiger partial charge in [0.05, 0.1) is 5.56 Å². The Morgan fingerprint density at radius 1 is 1.17 bits per heavy atom. The highest BCUT2D eigenvalue weighted by Crippen LogP contribution is 2.35. The van der Waals surface area contributed by atoms with Gasteiger partial charge in [0.1, 0.15) is 0 Å². The molecule has 3 unspecified atom stereocenters. The molecule has 0 radical (unpaired) electrons. The van der Waals surface area contributed by atoms with Gasteiger partial charge in [0.25, 0.3) is 0 Å². The first-order valence-corrected chi connectivity index (χ1v) is 6.49. The van der Waals surface area contributed by atoms with Crippen molar-refractivity contribution in [2.24, 2.45) is 17.8 Å². The maximum atomic E-state index is 13.6. The lowest BCUT2D eigenvalue weighted by molar-refractivity contribution is 0.0832. The summed E-state index contributed by atoms with van der Waals surface area (Å²) in [5.74, 6) is -1.29. The third kappa shape index (κ3) is 2.45. The summed E-state index contributed by atoms with van der Waals surface area (Å²) in [6.45, 7) is 4.29. The first-order valence-electron chi connectivity index (χ1n) is 6.49. The van der Waals surface area contributed by atoms with Crippen LogP contribution in [0.2, 0.25) is 0 Å². The molecule has 1 saturated carbocycles. The molecule has 0 saturated heterocycles. The average molecular weight is 252 g/mol. The first-order chi connectivity index (χ1) is 8.50. The van der Waals surface area contributed by atoms with Crippen molar-refractivity contribution in [1.29, 1.82) is 0 Å². The van der Waals surface area contributed by atoms with Crippen molar-refractivity contribution in [2.75, 3.05) is 0 Å². The van der Waals surface area contributed by atoms with Crippen LogP contribution in [0, 0.1) is 29.4 Å². The predicted octanol–water partition coefficient (Wildman–Crippen LogP) is 4.22. The standard InChI is InChI=1S/C15H18F2O/c1-9-6-7-11(8-10(9)2)15(18)12-4-3-5-13(16)14(12)17/h3-5,9-11H,6-8H2,1-2H3. The zero-order chi connectivity index (χ0) is 13.3. The topological polar surface area (TPSA) is 17.1 Å². The van der Waals surface area contributed by atoms with Crippen LogP contribution in [0.3, 0.4) is 0 Å². The number of ketones is 1. The fourth-order valence-electron chi connectivity index (χ4n) is 2.70. The van der Waals surface area contributed by atoms with E-state index in [1.165, 1.54) is 12.1 Å². The third-order valence-corrected chi connectivity index (χ3v) is 4.19. The molecule has 0 aromatic heterocycles. The molecule has 3 atom stereocenters. The van der Waals surface area contributed by atoms with Gasteiger partial charge in [-0.3, -0.25) is 4.79 Å². The highest BCUT2D eigenvalue weighted by Gasteiger charge is 2.31. The number of hydrogen-bond acceptors (Lipinski definition) is 1. The van der Waals surface area contributed by atoms with Crippen molar-refractivity contribution in [3.8, 4) is 0 Å². The molecule has 1 aliphatic carbocycles. The largest absolute Gasteiger partial charge is 0.294 e. The lowest BCUT2D eigenvalue weighted by Gasteiger charge is -2.31. The quantitative estimate of drug-likeness (QED) is 0.720. The second-order valence-corrected chi connectivity index (χ2v) is 5.43. The number of hydrogen-bond donors (Lipinski definition) is 0. The van der Waals surface area contributed by atoms with Crippen LogP contribution in [-0.4, -0.2) is 5.78 Å². The summed E-state index contributed by atoms with van der Waals surface area (Å²) < 4.78 is 26.7. The molecular formula is C15H18F2O. The van der Waals surface area contributed by atoms with Crippen LogP contribution in [0.5, 0.6) is 0 Å². The van der Waals surface area contributed by atoms with Gasteiger partial charge >= 0.3 is 0 Å². The Morgan fingerprint density at radius 2 is 1.89 bits per heavy atom. The zero-order valence-electron chi connectivity index (χ0n) is 10.7. The van der Waals surface area contributed by atoms with E-state index in [4.69, 9.17) is 0 Å². The normalized spacial score (nSPS) is 28.1. The maximum absolute atomic E-state index is 13.6. The van der Waals surface area contributed by atoms with Gasteiger partial charge in [0.2, 0.25) is 0 Å². The van der Waals surface area contributed by atoms with E-state index < -0.39 is 11.6 Å². The van der Waals surface area contributed by atoms with Gasteiger partial charge in [0, 0.05) is 5.92 Å². The van der Waals surface area contributed by atoms with Crippen molar-refractivity contribution in [3.63, 3.8) is 0 Å². The van der Waals surface area contributed by atoms with E-state index in [0.29, 0.717) is 11.8 Å². The number of rotatable bonds is 2. The second-order valence-electron chi connectivity index (χ2n) is 5.43. The molecule has 1 aromatic rings. The molecule has 1 fully saturated rings. The maximum Gasteiger partial charge on any atom is 0.169 e. The van der Waals surface area contributed by atoms with Gasteiger partial charge < -0.3 is 0 Å². The minimum atomic E-state index is -1.01. The fraction of sp³-hybridized carbons (Fsp3) is 0.533.